The van der Waals surface area contributed by atoms with E-state index in [1.807, 2.05) is 13.1 Å². The van der Waals surface area contributed by atoms with Crippen molar-refractivity contribution in [2.24, 2.45) is 7.05 Å². The molecule has 0 unspecified atom stereocenters. The summed E-state index contributed by atoms with van der Waals surface area (Å²) in [6.07, 6.45) is 1.75. The van der Waals surface area contributed by atoms with Crippen molar-refractivity contribution in [1.82, 2.24) is 9.78 Å². The molecule has 1 aromatic heterocycles. The molecule has 2 aromatic rings. The van der Waals surface area contributed by atoms with Crippen LogP contribution < -0.4 is 0 Å². The van der Waals surface area contributed by atoms with Crippen molar-refractivity contribution >= 4 is 22.5 Å². The third-order valence-corrected chi connectivity index (χ3v) is 1.94. The molecular formula is C8H6ClN2. The molecule has 0 aliphatic heterocycles. The Morgan fingerprint density at radius 3 is 3.18 bits per heavy atom. The van der Waals surface area contributed by atoms with Crippen LogP contribution in [0.5, 0.6) is 0 Å². The van der Waals surface area contributed by atoms with Crippen LogP contribution in [0.15, 0.2) is 18.3 Å². The second kappa shape index (κ2) is 2.24. The average Bonchev–Trinajstić information content (AvgIpc) is 2.34. The molecule has 0 aliphatic carbocycles. The van der Waals surface area contributed by atoms with Gasteiger partial charge in [0.1, 0.15) is 0 Å². The zero-order chi connectivity index (χ0) is 7.84. The lowest BCUT2D eigenvalue weighted by Gasteiger charge is -1.94. The highest BCUT2D eigenvalue weighted by Crippen LogP contribution is 2.21. The molecule has 0 fully saturated rings. The summed E-state index contributed by atoms with van der Waals surface area (Å²) < 4.78 is 1.74. The summed E-state index contributed by atoms with van der Waals surface area (Å²) in [6.45, 7) is 0. The minimum absolute atomic E-state index is 0.721. The van der Waals surface area contributed by atoms with Gasteiger partial charge in [0, 0.05) is 12.4 Å². The van der Waals surface area contributed by atoms with E-state index in [-0.39, 0.29) is 0 Å². The summed E-state index contributed by atoms with van der Waals surface area (Å²) in [7, 11) is 1.86. The van der Waals surface area contributed by atoms with Crippen molar-refractivity contribution in [2.75, 3.05) is 0 Å². The van der Waals surface area contributed by atoms with Crippen molar-refractivity contribution < 1.29 is 0 Å². The summed E-state index contributed by atoms with van der Waals surface area (Å²) in [6, 6.07) is 6.65. The molecule has 3 heteroatoms. The molecule has 0 N–H and O–H groups in total. The van der Waals surface area contributed by atoms with Crippen LogP contribution in [0, 0.1) is 6.07 Å². The van der Waals surface area contributed by atoms with Gasteiger partial charge >= 0.3 is 0 Å². The van der Waals surface area contributed by atoms with Gasteiger partial charge in [0.05, 0.1) is 16.7 Å². The Bertz CT molecular complexity index is 392. The number of halogens is 1. The van der Waals surface area contributed by atoms with Gasteiger partial charge in [-0.2, -0.15) is 5.10 Å². The maximum absolute atomic E-state index is 5.92. The molecule has 11 heavy (non-hydrogen) atoms. The Labute approximate surface area is 69.4 Å². The molecule has 0 amide bonds. The molecule has 0 bridgehead atoms. The first-order valence-corrected chi connectivity index (χ1v) is 3.65. The molecule has 55 valence electrons. The molecule has 1 radical (unpaired) electrons. The number of nitrogens with zero attached hydrogens (tertiary/aromatic N) is 2. The van der Waals surface area contributed by atoms with E-state index in [2.05, 4.69) is 11.2 Å². The van der Waals surface area contributed by atoms with E-state index in [0.29, 0.717) is 0 Å². The van der Waals surface area contributed by atoms with Gasteiger partial charge in [-0.25, -0.2) is 0 Å². The second-order valence-corrected chi connectivity index (χ2v) is 2.76. The standard InChI is InChI=1S/C8H6ClN2/c1-11-8-6(5-10-11)3-2-4-7(8)9/h2,4-5H,1H3. The average molecular weight is 166 g/mol. The predicted molar refractivity (Wildman–Crippen MR) is 44.6 cm³/mol. The van der Waals surface area contributed by atoms with Crippen molar-refractivity contribution in [3.63, 3.8) is 0 Å². The number of fused-ring (bicyclic) bond motifs is 1. The Hall–Kier alpha value is -1.02. The van der Waals surface area contributed by atoms with E-state index in [1.165, 1.54) is 0 Å². The van der Waals surface area contributed by atoms with Gasteiger partial charge in [-0.1, -0.05) is 17.7 Å². The van der Waals surface area contributed by atoms with Gasteiger partial charge in [0.15, 0.2) is 0 Å². The van der Waals surface area contributed by atoms with Crippen molar-refractivity contribution in [3.05, 3.63) is 29.4 Å². The zero-order valence-electron chi connectivity index (χ0n) is 6.00. The zero-order valence-corrected chi connectivity index (χ0v) is 6.76. The molecular weight excluding hydrogens is 160 g/mol. The van der Waals surface area contributed by atoms with E-state index in [0.717, 1.165) is 15.9 Å². The van der Waals surface area contributed by atoms with Crippen molar-refractivity contribution in [1.29, 1.82) is 0 Å². The summed E-state index contributed by atoms with van der Waals surface area (Å²) in [4.78, 5) is 0. The van der Waals surface area contributed by atoms with Crippen LogP contribution in [0.3, 0.4) is 0 Å². The topological polar surface area (TPSA) is 17.8 Å². The fourth-order valence-electron chi connectivity index (χ4n) is 1.11. The summed E-state index contributed by atoms with van der Waals surface area (Å²) in [5, 5.41) is 5.74. The maximum atomic E-state index is 5.92. The molecule has 0 saturated heterocycles. The third kappa shape index (κ3) is 0.906. The number of hydrogen-bond donors (Lipinski definition) is 0. The van der Waals surface area contributed by atoms with E-state index in [9.17, 15) is 0 Å². The summed E-state index contributed by atoms with van der Waals surface area (Å²) in [5.41, 5.74) is 0.939. The quantitative estimate of drug-likeness (QED) is 0.584. The van der Waals surface area contributed by atoms with Crippen molar-refractivity contribution in [3.8, 4) is 0 Å². The lowest BCUT2D eigenvalue weighted by atomic mass is 10.3. The van der Waals surface area contributed by atoms with E-state index >= 15 is 0 Å². The number of aryl methyl sites for hydroxylation is 1. The first-order chi connectivity index (χ1) is 5.29. The molecule has 0 saturated carbocycles. The molecule has 2 rings (SSSR count). The predicted octanol–water partition coefficient (Wildman–Crippen LogP) is 2.03. The fraction of sp³-hybridized carbons (Fsp3) is 0.125. The summed E-state index contributed by atoms with van der Waals surface area (Å²) >= 11 is 5.92. The van der Waals surface area contributed by atoms with Gasteiger partial charge < -0.3 is 0 Å². The SMILES string of the molecule is Cn1ncc2[c]ccc(Cl)c21. The number of rotatable bonds is 0. The molecule has 1 aromatic carbocycles. The Morgan fingerprint density at radius 1 is 1.64 bits per heavy atom. The molecule has 0 spiro atoms. The summed E-state index contributed by atoms with van der Waals surface area (Å²) in [5.74, 6) is 0. The normalized spacial score (nSPS) is 10.7. The van der Waals surface area contributed by atoms with E-state index in [1.54, 1.807) is 16.9 Å². The van der Waals surface area contributed by atoms with Gasteiger partial charge in [0.25, 0.3) is 0 Å². The number of aromatic nitrogens is 2. The first kappa shape index (κ1) is 6.68. The number of hydrogen-bond acceptors (Lipinski definition) is 1. The van der Waals surface area contributed by atoms with Crippen LogP contribution in [0.1, 0.15) is 0 Å². The monoisotopic (exact) mass is 165 g/mol. The van der Waals surface area contributed by atoms with E-state index < -0.39 is 0 Å². The minimum Gasteiger partial charge on any atom is -0.266 e. The Kier molecular flexibility index (Phi) is 1.36. The molecule has 0 atom stereocenters. The van der Waals surface area contributed by atoms with Gasteiger partial charge in [0.2, 0.25) is 0 Å². The van der Waals surface area contributed by atoms with Crippen LogP contribution in [0.2, 0.25) is 5.02 Å². The smallest absolute Gasteiger partial charge is 0.0871 e. The Morgan fingerprint density at radius 2 is 2.45 bits per heavy atom. The van der Waals surface area contributed by atoms with E-state index in [4.69, 9.17) is 11.6 Å². The van der Waals surface area contributed by atoms with Crippen LogP contribution in [0.25, 0.3) is 10.9 Å². The maximum Gasteiger partial charge on any atom is 0.0871 e. The van der Waals surface area contributed by atoms with Crippen LogP contribution in [-0.4, -0.2) is 9.78 Å². The van der Waals surface area contributed by atoms with Gasteiger partial charge in [-0.3, -0.25) is 4.68 Å². The fourth-order valence-corrected chi connectivity index (χ4v) is 1.40. The molecule has 2 nitrogen and oxygen atoms in total. The van der Waals surface area contributed by atoms with Crippen LogP contribution >= 0.6 is 11.6 Å². The second-order valence-electron chi connectivity index (χ2n) is 2.36. The highest BCUT2D eigenvalue weighted by Gasteiger charge is 2.01. The highest BCUT2D eigenvalue weighted by atomic mass is 35.5. The lowest BCUT2D eigenvalue weighted by Crippen LogP contribution is -1.88. The molecule has 0 aliphatic rings. The number of benzene rings is 1. The van der Waals surface area contributed by atoms with Crippen molar-refractivity contribution in [2.45, 2.75) is 0 Å². The third-order valence-electron chi connectivity index (χ3n) is 1.63. The Balaban J connectivity index is 2.96. The molecule has 1 heterocycles. The van der Waals surface area contributed by atoms with Crippen LogP contribution in [0.4, 0.5) is 0 Å². The highest BCUT2D eigenvalue weighted by molar-refractivity contribution is 6.35. The van der Waals surface area contributed by atoms with Gasteiger partial charge in [-0.15, -0.1) is 0 Å². The largest absolute Gasteiger partial charge is 0.266 e. The lowest BCUT2D eigenvalue weighted by molar-refractivity contribution is 0.797. The first-order valence-electron chi connectivity index (χ1n) is 3.27. The minimum atomic E-state index is 0.721. The van der Waals surface area contributed by atoms with Crippen LogP contribution in [-0.2, 0) is 7.05 Å². The van der Waals surface area contributed by atoms with Gasteiger partial charge in [-0.05, 0) is 12.1 Å².